The van der Waals surface area contributed by atoms with E-state index in [0.717, 1.165) is 22.7 Å². The fourth-order valence-electron chi connectivity index (χ4n) is 3.01. The molecule has 7 heteroatoms. The van der Waals surface area contributed by atoms with Crippen LogP contribution in [-0.4, -0.2) is 16.5 Å². The van der Waals surface area contributed by atoms with Crippen molar-refractivity contribution in [1.82, 2.24) is 4.98 Å². The van der Waals surface area contributed by atoms with Gasteiger partial charge in [0.1, 0.15) is 11.8 Å². The number of hydrogen-bond acceptors (Lipinski definition) is 6. The Labute approximate surface area is 159 Å². The molecule has 0 radical (unpaired) electrons. The topological polar surface area (TPSA) is 58.7 Å². The minimum Gasteiger partial charge on any atom is -0.467 e. The third kappa shape index (κ3) is 3.06. The first kappa shape index (κ1) is 17.0. The van der Waals surface area contributed by atoms with Gasteiger partial charge in [0.25, 0.3) is 0 Å². The van der Waals surface area contributed by atoms with Crippen LogP contribution in [0.3, 0.4) is 0 Å². The highest BCUT2D eigenvalue weighted by molar-refractivity contribution is 7.17. The lowest BCUT2D eigenvalue weighted by molar-refractivity contribution is 0.102. The number of thiazole rings is 1. The van der Waals surface area contributed by atoms with Gasteiger partial charge in [0, 0.05) is 18.4 Å². The molecule has 2 aromatic heterocycles. The predicted octanol–water partition coefficient (Wildman–Crippen LogP) is 5.26. The summed E-state index contributed by atoms with van der Waals surface area (Å²) in [4.78, 5) is 17.0. The quantitative estimate of drug-likeness (QED) is 0.575. The van der Waals surface area contributed by atoms with E-state index in [1.165, 1.54) is 11.3 Å². The summed E-state index contributed by atoms with van der Waals surface area (Å²) in [5.74, 6) is 0.830. The molecule has 1 atom stereocenters. The van der Waals surface area contributed by atoms with Crippen LogP contribution < -0.4 is 5.01 Å². The van der Waals surface area contributed by atoms with Gasteiger partial charge in [0.2, 0.25) is 5.13 Å². The SMILES string of the molecule is CC(=O)c1sc(N2N=C(c3ccc(Cl)cc3)CC2c2ccco2)nc1C. The molecule has 4 rings (SSSR count). The van der Waals surface area contributed by atoms with Gasteiger partial charge in [-0.25, -0.2) is 9.99 Å². The van der Waals surface area contributed by atoms with Crippen molar-refractivity contribution in [3.8, 4) is 0 Å². The largest absolute Gasteiger partial charge is 0.467 e. The van der Waals surface area contributed by atoms with Gasteiger partial charge in [-0.15, -0.1) is 0 Å². The number of halogens is 1. The Hall–Kier alpha value is -2.44. The molecule has 3 heterocycles. The molecule has 1 aliphatic heterocycles. The van der Waals surface area contributed by atoms with Crippen LogP contribution in [0.25, 0.3) is 0 Å². The molecule has 3 aromatic rings. The van der Waals surface area contributed by atoms with Crippen LogP contribution >= 0.6 is 22.9 Å². The summed E-state index contributed by atoms with van der Waals surface area (Å²) in [6, 6.07) is 11.3. The maximum atomic E-state index is 11.8. The molecular formula is C19H16ClN3O2S. The average Bonchev–Trinajstić information content (AvgIpc) is 3.33. The molecule has 0 amide bonds. The zero-order valence-electron chi connectivity index (χ0n) is 14.3. The third-order valence-corrected chi connectivity index (χ3v) is 5.76. The number of rotatable bonds is 4. The summed E-state index contributed by atoms with van der Waals surface area (Å²) in [5, 5.41) is 8.03. The lowest BCUT2D eigenvalue weighted by atomic mass is 10.0. The fraction of sp³-hybridized carbons (Fsp3) is 0.211. The van der Waals surface area contributed by atoms with Gasteiger partial charge in [-0.1, -0.05) is 35.1 Å². The molecule has 0 spiro atoms. The number of aryl methyl sites for hydroxylation is 1. The van der Waals surface area contributed by atoms with Crippen LogP contribution in [0, 0.1) is 6.92 Å². The highest BCUT2D eigenvalue weighted by Gasteiger charge is 2.34. The zero-order valence-corrected chi connectivity index (χ0v) is 15.8. The molecule has 1 aliphatic rings. The fourth-order valence-corrected chi connectivity index (χ4v) is 4.10. The summed E-state index contributed by atoms with van der Waals surface area (Å²) >= 11 is 7.36. The van der Waals surface area contributed by atoms with Crippen LogP contribution in [0.15, 0.2) is 52.2 Å². The second-order valence-electron chi connectivity index (χ2n) is 6.10. The lowest BCUT2D eigenvalue weighted by Crippen LogP contribution is -2.17. The number of Topliss-reactive ketones (excluding diaryl/α,β-unsaturated/α-hetero) is 1. The molecular weight excluding hydrogens is 370 g/mol. The van der Waals surface area contributed by atoms with Crippen molar-refractivity contribution in [3.63, 3.8) is 0 Å². The lowest BCUT2D eigenvalue weighted by Gasteiger charge is -2.18. The summed E-state index contributed by atoms with van der Waals surface area (Å²) < 4.78 is 5.63. The van der Waals surface area contributed by atoms with E-state index in [1.54, 1.807) is 13.2 Å². The van der Waals surface area contributed by atoms with Crippen LogP contribution in [0.2, 0.25) is 5.02 Å². The standard InChI is InChI=1S/C19H16ClN3O2S/c1-11-18(12(2)24)26-19(21-11)23-16(17-4-3-9-25-17)10-15(22-23)13-5-7-14(20)8-6-13/h3-9,16H,10H2,1-2H3. The molecule has 0 bridgehead atoms. The molecule has 0 fully saturated rings. The third-order valence-electron chi connectivity index (χ3n) is 4.26. The summed E-state index contributed by atoms with van der Waals surface area (Å²) in [6.07, 6.45) is 2.34. The van der Waals surface area contributed by atoms with E-state index in [9.17, 15) is 4.79 Å². The Morgan fingerprint density at radius 2 is 2.08 bits per heavy atom. The second kappa shape index (κ2) is 6.70. The van der Waals surface area contributed by atoms with Crippen molar-refractivity contribution in [1.29, 1.82) is 0 Å². The number of benzene rings is 1. The number of ketones is 1. The molecule has 0 N–H and O–H groups in total. The molecule has 0 saturated heterocycles. The van der Waals surface area contributed by atoms with Crippen molar-refractivity contribution in [2.45, 2.75) is 26.3 Å². The van der Waals surface area contributed by atoms with Crippen molar-refractivity contribution in [2.24, 2.45) is 5.10 Å². The van der Waals surface area contributed by atoms with Crippen LogP contribution in [0.5, 0.6) is 0 Å². The van der Waals surface area contributed by atoms with E-state index >= 15 is 0 Å². The monoisotopic (exact) mass is 385 g/mol. The normalized spacial score (nSPS) is 16.8. The van der Waals surface area contributed by atoms with Gasteiger partial charge < -0.3 is 4.42 Å². The Balaban J connectivity index is 1.76. The second-order valence-corrected chi connectivity index (χ2v) is 7.51. The van der Waals surface area contributed by atoms with Gasteiger partial charge in [-0.05, 0) is 36.8 Å². The molecule has 132 valence electrons. The van der Waals surface area contributed by atoms with Crippen molar-refractivity contribution >= 4 is 39.6 Å². The van der Waals surface area contributed by atoms with Crippen LogP contribution in [0.1, 0.15) is 46.1 Å². The maximum Gasteiger partial charge on any atom is 0.207 e. The van der Waals surface area contributed by atoms with E-state index in [4.69, 9.17) is 21.1 Å². The molecule has 26 heavy (non-hydrogen) atoms. The number of anilines is 1. The molecule has 1 unspecified atom stereocenters. The van der Waals surface area contributed by atoms with Crippen molar-refractivity contribution < 1.29 is 9.21 Å². The number of carbonyl (C=O) groups excluding carboxylic acids is 1. The Morgan fingerprint density at radius 3 is 2.69 bits per heavy atom. The van der Waals surface area contributed by atoms with E-state index in [-0.39, 0.29) is 11.8 Å². The number of hydrazone groups is 1. The highest BCUT2D eigenvalue weighted by atomic mass is 35.5. The summed E-state index contributed by atoms with van der Waals surface area (Å²) in [5.41, 5.74) is 2.67. The smallest absolute Gasteiger partial charge is 0.207 e. The minimum absolute atomic E-state index is 0.0156. The van der Waals surface area contributed by atoms with Crippen LogP contribution in [-0.2, 0) is 0 Å². The van der Waals surface area contributed by atoms with Gasteiger partial charge >= 0.3 is 0 Å². The highest BCUT2D eigenvalue weighted by Crippen LogP contribution is 2.39. The van der Waals surface area contributed by atoms with E-state index in [0.29, 0.717) is 21.5 Å². The summed E-state index contributed by atoms with van der Waals surface area (Å²) in [7, 11) is 0. The minimum atomic E-state index is -0.0963. The summed E-state index contributed by atoms with van der Waals surface area (Å²) in [6.45, 7) is 3.40. The number of hydrogen-bond donors (Lipinski definition) is 0. The van der Waals surface area contributed by atoms with Crippen LogP contribution in [0.4, 0.5) is 5.13 Å². The molecule has 1 aromatic carbocycles. The number of aromatic nitrogens is 1. The Morgan fingerprint density at radius 1 is 1.31 bits per heavy atom. The van der Waals surface area contributed by atoms with E-state index < -0.39 is 0 Å². The Bertz CT molecular complexity index is 977. The van der Waals surface area contributed by atoms with E-state index in [1.807, 2.05) is 48.3 Å². The molecule has 5 nitrogen and oxygen atoms in total. The van der Waals surface area contributed by atoms with Crippen molar-refractivity contribution in [2.75, 3.05) is 5.01 Å². The first-order valence-electron chi connectivity index (χ1n) is 8.17. The zero-order chi connectivity index (χ0) is 18.3. The van der Waals surface area contributed by atoms with Crippen molar-refractivity contribution in [3.05, 3.63) is 69.6 Å². The van der Waals surface area contributed by atoms with E-state index in [2.05, 4.69) is 4.98 Å². The van der Waals surface area contributed by atoms with Gasteiger partial charge in [-0.2, -0.15) is 5.10 Å². The number of furan rings is 1. The van der Waals surface area contributed by atoms with Gasteiger partial charge in [0.15, 0.2) is 5.78 Å². The van der Waals surface area contributed by atoms with Gasteiger partial charge in [-0.3, -0.25) is 4.79 Å². The molecule has 0 aliphatic carbocycles. The number of carbonyl (C=O) groups is 1. The van der Waals surface area contributed by atoms with Gasteiger partial charge in [0.05, 0.1) is 22.5 Å². The first-order valence-corrected chi connectivity index (χ1v) is 9.37. The molecule has 0 saturated carbocycles. The first-order chi connectivity index (χ1) is 12.5. The Kier molecular flexibility index (Phi) is 4.38. The number of nitrogens with zero attached hydrogens (tertiary/aromatic N) is 3. The maximum absolute atomic E-state index is 11.8. The predicted molar refractivity (Wildman–Crippen MR) is 103 cm³/mol. The average molecular weight is 386 g/mol.